The van der Waals surface area contributed by atoms with Crippen LogP contribution in [0, 0.1) is 5.92 Å². The molecule has 0 bridgehead atoms. The third kappa shape index (κ3) is 19.1. The summed E-state index contributed by atoms with van der Waals surface area (Å²) < 4.78 is 58.9. The summed E-state index contributed by atoms with van der Waals surface area (Å²) >= 11 is 0. The average Bonchev–Trinajstić information content (AvgIpc) is 4.04. The van der Waals surface area contributed by atoms with Gasteiger partial charge in [0, 0.05) is 21.3 Å². The summed E-state index contributed by atoms with van der Waals surface area (Å²) in [7, 11) is 4.96. The van der Waals surface area contributed by atoms with Gasteiger partial charge >= 0.3 is 11.9 Å². The summed E-state index contributed by atoms with van der Waals surface area (Å²) in [6, 6.07) is 8.83. The second-order valence-electron chi connectivity index (χ2n) is 17.9. The van der Waals surface area contributed by atoms with Gasteiger partial charge in [-0.05, 0) is 70.4 Å². The van der Waals surface area contributed by atoms with Crippen molar-refractivity contribution in [3.8, 4) is 0 Å². The molecule has 0 radical (unpaired) electrons. The van der Waals surface area contributed by atoms with E-state index in [4.69, 9.17) is 47.4 Å². The largest absolute Gasteiger partial charge is 0.458 e. The first-order valence-corrected chi connectivity index (χ1v) is 24.5. The number of cyclic esters (lactones) is 1. The fourth-order valence-corrected chi connectivity index (χ4v) is 9.48. The monoisotopic (exact) mass is 877 g/mol. The first kappa shape index (κ1) is 52.5. The molecule has 3 saturated heterocycles. The second kappa shape index (κ2) is 31.7. The predicted octanol–water partition coefficient (Wildman–Crippen LogP) is 10.7. The van der Waals surface area contributed by atoms with Crippen molar-refractivity contribution in [3.05, 3.63) is 35.9 Å². The topological polar surface area (TPSA) is 126 Å². The lowest BCUT2D eigenvalue weighted by atomic mass is 9.92. The van der Waals surface area contributed by atoms with Gasteiger partial charge in [-0.15, -0.1) is 0 Å². The molecule has 0 amide bonds. The van der Waals surface area contributed by atoms with Crippen LogP contribution >= 0.6 is 0 Å². The predicted molar refractivity (Wildman–Crippen MR) is 239 cm³/mol. The molecule has 0 spiro atoms. The van der Waals surface area contributed by atoms with Gasteiger partial charge in [-0.2, -0.15) is 0 Å². The van der Waals surface area contributed by atoms with E-state index < -0.39 is 24.1 Å². The number of hydrogen-bond donors (Lipinski definition) is 0. The summed E-state index contributed by atoms with van der Waals surface area (Å²) in [5, 5.41) is 0. The van der Waals surface area contributed by atoms with E-state index in [0.29, 0.717) is 18.8 Å². The Bertz CT molecular complexity index is 1300. The fourth-order valence-electron chi connectivity index (χ4n) is 9.48. The van der Waals surface area contributed by atoms with Crippen molar-refractivity contribution in [3.63, 3.8) is 0 Å². The maximum absolute atomic E-state index is 12.8. The first-order chi connectivity index (χ1) is 30.4. The zero-order chi connectivity index (χ0) is 44.2. The Hall–Kier alpha value is -2.16. The molecule has 3 heterocycles. The highest BCUT2D eigenvalue weighted by Crippen LogP contribution is 2.36. The highest BCUT2D eigenvalue weighted by Gasteiger charge is 2.46. The molecule has 2 unspecified atom stereocenters. The van der Waals surface area contributed by atoms with Gasteiger partial charge in [-0.25, -0.2) is 4.79 Å². The molecule has 356 valence electrons. The summed E-state index contributed by atoms with van der Waals surface area (Å²) in [4.78, 5) is 25.7. The molecule has 12 nitrogen and oxygen atoms in total. The summed E-state index contributed by atoms with van der Waals surface area (Å²) in [6.07, 6.45) is 25.7. The minimum atomic E-state index is -0.664. The van der Waals surface area contributed by atoms with E-state index in [1.807, 2.05) is 6.07 Å². The van der Waals surface area contributed by atoms with Crippen LogP contribution in [0.15, 0.2) is 30.3 Å². The van der Waals surface area contributed by atoms with Gasteiger partial charge < -0.3 is 47.4 Å². The van der Waals surface area contributed by atoms with Crippen LogP contribution in [0.3, 0.4) is 0 Å². The van der Waals surface area contributed by atoms with Gasteiger partial charge in [-0.1, -0.05) is 128 Å². The lowest BCUT2D eigenvalue weighted by Crippen LogP contribution is -2.35. The van der Waals surface area contributed by atoms with Crippen molar-refractivity contribution >= 4 is 11.9 Å². The van der Waals surface area contributed by atoms with Crippen LogP contribution in [0.1, 0.15) is 178 Å². The van der Waals surface area contributed by atoms with Crippen molar-refractivity contribution in [1.82, 2.24) is 0 Å². The van der Waals surface area contributed by atoms with Crippen LogP contribution < -0.4 is 0 Å². The van der Waals surface area contributed by atoms with Crippen LogP contribution in [0.4, 0.5) is 0 Å². The lowest BCUT2D eigenvalue weighted by Gasteiger charge is -2.27. The highest BCUT2D eigenvalue weighted by molar-refractivity contribution is 5.90. The van der Waals surface area contributed by atoms with Gasteiger partial charge in [0.15, 0.2) is 6.10 Å². The number of esters is 2. The van der Waals surface area contributed by atoms with E-state index in [1.54, 1.807) is 52.5 Å². The van der Waals surface area contributed by atoms with Crippen LogP contribution in [-0.4, -0.2) is 109 Å². The van der Waals surface area contributed by atoms with Crippen LogP contribution in [0.5, 0.6) is 0 Å². The number of rotatable bonds is 36. The molecule has 3 fully saturated rings. The zero-order valence-electron chi connectivity index (χ0n) is 39.2. The average molecular weight is 877 g/mol. The van der Waals surface area contributed by atoms with E-state index in [0.717, 1.165) is 77.0 Å². The molecule has 0 saturated carbocycles. The van der Waals surface area contributed by atoms with E-state index in [2.05, 4.69) is 6.92 Å². The third-order valence-electron chi connectivity index (χ3n) is 13.0. The molecule has 10 atom stereocenters. The molecule has 3 aliphatic heterocycles. The Kier molecular flexibility index (Phi) is 26.8. The molecule has 0 aromatic heterocycles. The van der Waals surface area contributed by atoms with Crippen molar-refractivity contribution in [2.45, 2.75) is 223 Å². The lowest BCUT2D eigenvalue weighted by molar-refractivity contribution is -0.158. The minimum absolute atomic E-state index is 0.0191. The molecule has 62 heavy (non-hydrogen) atoms. The molecule has 1 aromatic rings. The molecule has 12 heteroatoms. The number of hydrogen-bond acceptors (Lipinski definition) is 12. The Labute approximate surface area is 374 Å². The van der Waals surface area contributed by atoms with E-state index in [1.165, 1.54) is 70.6 Å². The molecule has 0 aliphatic carbocycles. The number of carbonyl (C=O) groups is 2. The van der Waals surface area contributed by atoms with E-state index >= 15 is 0 Å². The van der Waals surface area contributed by atoms with Gasteiger partial charge in [0.25, 0.3) is 0 Å². The maximum Gasteiger partial charge on any atom is 0.338 e. The SMILES string of the molecule is CCCCCCCCCC[C@H](OCOC)[C@H]1CC[C@H]([C@H]2CC[C@H]([C@@H](CCCCCCCCCC[C@H](CC3C(=O)O[C@@H](C)C3OC(=O)c3ccccc3)OCOC)OCOC)O2)O1. The normalized spacial score (nSPS) is 25.2. The maximum atomic E-state index is 12.8. The molecule has 3 aliphatic rings. The molecule has 0 N–H and O–H groups in total. The van der Waals surface area contributed by atoms with Crippen molar-refractivity contribution in [2.75, 3.05) is 41.7 Å². The van der Waals surface area contributed by atoms with Crippen LogP contribution in [-0.2, 0) is 52.2 Å². The zero-order valence-corrected chi connectivity index (χ0v) is 39.2. The molecular weight excluding hydrogens is 793 g/mol. The fraction of sp³-hybridized carbons (Fsp3) is 0.840. The smallest absolute Gasteiger partial charge is 0.338 e. The Balaban J connectivity index is 1.10. The van der Waals surface area contributed by atoms with Crippen LogP contribution in [0.2, 0.25) is 0 Å². The minimum Gasteiger partial charge on any atom is -0.458 e. The van der Waals surface area contributed by atoms with Crippen molar-refractivity contribution in [1.29, 1.82) is 0 Å². The molecule has 1 aromatic carbocycles. The third-order valence-corrected chi connectivity index (χ3v) is 13.0. The summed E-state index contributed by atoms with van der Waals surface area (Å²) in [5.41, 5.74) is 0.448. The molecule has 4 rings (SSSR count). The summed E-state index contributed by atoms with van der Waals surface area (Å²) in [6.45, 7) is 4.76. The highest BCUT2D eigenvalue weighted by atomic mass is 16.7. The van der Waals surface area contributed by atoms with Gasteiger partial charge in [0.05, 0.1) is 54.2 Å². The Morgan fingerprint density at radius 2 is 1.10 bits per heavy atom. The van der Waals surface area contributed by atoms with Crippen LogP contribution in [0.25, 0.3) is 0 Å². The quantitative estimate of drug-likeness (QED) is 0.0362. The number of methoxy groups -OCH3 is 3. The standard InChI is InChI=1S/C50H84O12/c1-6-7-8-9-10-14-17-23-28-42(57-36-54-4)44-30-32-46(60-44)47-33-31-45(61-47)43(58-37-55-5)29-24-18-15-12-11-13-16-22-27-40(56-35-53-3)34-41-48(38(2)59-50(41)52)62-49(51)39-25-20-19-21-26-39/h19-21,25-26,38,40-48H,6-18,22-24,27-37H2,1-5H3/t38-,40+,41?,42-,43+,44+,45+,46+,47+,48?/m0/s1. The van der Waals surface area contributed by atoms with E-state index in [-0.39, 0.29) is 62.3 Å². The van der Waals surface area contributed by atoms with Crippen molar-refractivity contribution < 1.29 is 57.0 Å². The number of ether oxygens (including phenoxy) is 10. The van der Waals surface area contributed by atoms with E-state index in [9.17, 15) is 9.59 Å². The summed E-state index contributed by atoms with van der Waals surface area (Å²) in [5.74, 6) is -1.38. The van der Waals surface area contributed by atoms with Gasteiger partial charge in [-0.3, -0.25) is 4.79 Å². The number of carbonyl (C=O) groups excluding carboxylic acids is 2. The first-order valence-electron chi connectivity index (χ1n) is 24.5. The number of benzene rings is 1. The Morgan fingerprint density at radius 3 is 1.60 bits per heavy atom. The Morgan fingerprint density at radius 1 is 0.629 bits per heavy atom. The van der Waals surface area contributed by atoms with Crippen molar-refractivity contribution in [2.24, 2.45) is 5.92 Å². The van der Waals surface area contributed by atoms with Gasteiger partial charge in [0.1, 0.15) is 26.5 Å². The van der Waals surface area contributed by atoms with Gasteiger partial charge in [0.2, 0.25) is 0 Å². The molecular formula is C50H84O12. The second-order valence-corrected chi connectivity index (χ2v) is 17.9. The number of unbranched alkanes of at least 4 members (excludes halogenated alkanes) is 14.